The van der Waals surface area contributed by atoms with Crippen molar-refractivity contribution in [3.8, 4) is 0 Å². The van der Waals surface area contributed by atoms with Crippen molar-refractivity contribution in [3.05, 3.63) is 12.4 Å². The average Bonchev–Trinajstić information content (AvgIpc) is 2.70. The monoisotopic (exact) mass is 218 g/mol. The van der Waals surface area contributed by atoms with E-state index in [1.807, 2.05) is 0 Å². The predicted molar refractivity (Wildman–Crippen MR) is 59.0 cm³/mol. The van der Waals surface area contributed by atoms with Crippen LogP contribution in [-0.2, 0) is 0 Å². The zero-order chi connectivity index (χ0) is 10.8. The van der Waals surface area contributed by atoms with Gasteiger partial charge < -0.3 is 5.32 Å². The molecule has 6 nitrogen and oxygen atoms in total. The minimum atomic E-state index is 0.675. The van der Waals surface area contributed by atoms with Crippen LogP contribution >= 0.6 is 0 Å². The van der Waals surface area contributed by atoms with Gasteiger partial charge in [-0.2, -0.15) is 4.52 Å². The van der Waals surface area contributed by atoms with E-state index in [9.17, 15) is 0 Å². The standard InChI is InChI=1S/C10H14N6/c1-2-8(3-1)4-5-12-9-6-11-7-10-13-14-15-16(9)10/h6-8,12H,1-5H2. The Hall–Kier alpha value is -1.72. The second-order valence-electron chi connectivity index (χ2n) is 4.25. The first-order valence-electron chi connectivity index (χ1n) is 5.69. The molecule has 1 aliphatic carbocycles. The lowest BCUT2D eigenvalue weighted by molar-refractivity contribution is 0.303. The summed E-state index contributed by atoms with van der Waals surface area (Å²) < 4.78 is 1.67. The highest BCUT2D eigenvalue weighted by atomic mass is 15.5. The maximum absolute atomic E-state index is 4.09. The van der Waals surface area contributed by atoms with Gasteiger partial charge in [0.05, 0.1) is 12.4 Å². The minimum absolute atomic E-state index is 0.675. The van der Waals surface area contributed by atoms with Crippen LogP contribution in [0.4, 0.5) is 5.82 Å². The largest absolute Gasteiger partial charge is 0.369 e. The van der Waals surface area contributed by atoms with Gasteiger partial charge in [-0.1, -0.05) is 19.3 Å². The maximum Gasteiger partial charge on any atom is 0.199 e. The van der Waals surface area contributed by atoms with E-state index in [1.165, 1.54) is 25.7 Å². The Labute approximate surface area is 93.1 Å². The molecule has 3 rings (SSSR count). The number of anilines is 1. The second-order valence-corrected chi connectivity index (χ2v) is 4.25. The molecular weight excluding hydrogens is 204 g/mol. The Kier molecular flexibility index (Phi) is 2.40. The van der Waals surface area contributed by atoms with E-state index in [1.54, 1.807) is 16.9 Å². The first-order chi connectivity index (χ1) is 7.93. The SMILES string of the molecule is c1ncc2nnnn2c1NCCC1CCC1. The number of hydrogen-bond acceptors (Lipinski definition) is 5. The van der Waals surface area contributed by atoms with Crippen molar-refractivity contribution in [3.63, 3.8) is 0 Å². The summed E-state index contributed by atoms with van der Waals surface area (Å²) in [5, 5.41) is 14.7. The molecule has 2 aromatic heterocycles. The van der Waals surface area contributed by atoms with Gasteiger partial charge in [0.1, 0.15) is 5.82 Å². The van der Waals surface area contributed by atoms with Gasteiger partial charge in [-0.25, -0.2) is 0 Å². The molecule has 1 N–H and O–H groups in total. The molecule has 1 aliphatic rings. The summed E-state index contributed by atoms with van der Waals surface area (Å²) in [5.74, 6) is 1.77. The Morgan fingerprint density at radius 2 is 2.31 bits per heavy atom. The molecule has 0 bridgehead atoms. The molecular formula is C10H14N6. The van der Waals surface area contributed by atoms with Crippen LogP contribution in [0.5, 0.6) is 0 Å². The molecule has 2 heterocycles. The van der Waals surface area contributed by atoms with Crippen molar-refractivity contribution in [2.24, 2.45) is 5.92 Å². The molecule has 0 spiro atoms. The molecule has 6 heteroatoms. The highest BCUT2D eigenvalue weighted by Crippen LogP contribution is 2.29. The highest BCUT2D eigenvalue weighted by Gasteiger charge is 2.16. The van der Waals surface area contributed by atoms with Crippen LogP contribution in [0.3, 0.4) is 0 Å². The molecule has 0 aliphatic heterocycles. The third kappa shape index (κ3) is 1.70. The van der Waals surface area contributed by atoms with Gasteiger partial charge in [-0.05, 0) is 22.8 Å². The molecule has 0 amide bonds. The molecule has 84 valence electrons. The van der Waals surface area contributed by atoms with Gasteiger partial charge >= 0.3 is 0 Å². The van der Waals surface area contributed by atoms with Crippen molar-refractivity contribution < 1.29 is 0 Å². The molecule has 1 fully saturated rings. The van der Waals surface area contributed by atoms with E-state index in [-0.39, 0.29) is 0 Å². The number of tetrazole rings is 1. The minimum Gasteiger partial charge on any atom is -0.369 e. The van der Waals surface area contributed by atoms with Crippen molar-refractivity contribution >= 4 is 11.5 Å². The van der Waals surface area contributed by atoms with E-state index in [4.69, 9.17) is 0 Å². The Morgan fingerprint density at radius 1 is 1.38 bits per heavy atom. The van der Waals surface area contributed by atoms with Crippen LogP contribution in [0, 0.1) is 5.92 Å². The number of hydrogen-bond donors (Lipinski definition) is 1. The Balaban J connectivity index is 1.66. The van der Waals surface area contributed by atoms with Crippen molar-refractivity contribution in [1.82, 2.24) is 25.0 Å². The summed E-state index contributed by atoms with van der Waals surface area (Å²) >= 11 is 0. The lowest BCUT2D eigenvalue weighted by Gasteiger charge is -2.25. The quantitative estimate of drug-likeness (QED) is 0.832. The van der Waals surface area contributed by atoms with Crippen LogP contribution < -0.4 is 5.32 Å². The summed E-state index contributed by atoms with van der Waals surface area (Å²) in [6.07, 6.45) is 8.79. The lowest BCUT2D eigenvalue weighted by Crippen LogP contribution is -2.16. The van der Waals surface area contributed by atoms with Gasteiger partial charge in [-0.3, -0.25) is 4.98 Å². The summed E-state index contributed by atoms with van der Waals surface area (Å²) in [5.41, 5.74) is 0.675. The van der Waals surface area contributed by atoms with Crippen LogP contribution in [-0.4, -0.2) is 31.6 Å². The number of rotatable bonds is 4. The number of nitrogens with zero attached hydrogens (tertiary/aromatic N) is 5. The normalized spacial score (nSPS) is 16.2. The van der Waals surface area contributed by atoms with Crippen molar-refractivity contribution in [1.29, 1.82) is 0 Å². The molecule has 0 atom stereocenters. The van der Waals surface area contributed by atoms with Gasteiger partial charge in [0.2, 0.25) is 0 Å². The van der Waals surface area contributed by atoms with E-state index in [2.05, 4.69) is 25.8 Å². The van der Waals surface area contributed by atoms with Crippen LogP contribution in [0.1, 0.15) is 25.7 Å². The number of nitrogens with one attached hydrogen (secondary N) is 1. The summed E-state index contributed by atoms with van der Waals surface area (Å²) in [7, 11) is 0. The molecule has 16 heavy (non-hydrogen) atoms. The van der Waals surface area contributed by atoms with Gasteiger partial charge in [-0.15, -0.1) is 5.10 Å². The van der Waals surface area contributed by atoms with E-state index in [0.29, 0.717) is 5.65 Å². The van der Waals surface area contributed by atoms with E-state index >= 15 is 0 Å². The summed E-state index contributed by atoms with van der Waals surface area (Å²) in [6, 6.07) is 0. The molecule has 0 aromatic carbocycles. The van der Waals surface area contributed by atoms with Crippen molar-refractivity contribution in [2.45, 2.75) is 25.7 Å². The van der Waals surface area contributed by atoms with Gasteiger partial charge in [0.25, 0.3) is 0 Å². The third-order valence-electron chi connectivity index (χ3n) is 3.19. The fourth-order valence-electron chi connectivity index (χ4n) is 1.98. The highest BCUT2D eigenvalue weighted by molar-refractivity contribution is 5.43. The Bertz CT molecular complexity index is 475. The smallest absolute Gasteiger partial charge is 0.199 e. The fraction of sp³-hybridized carbons (Fsp3) is 0.600. The average molecular weight is 218 g/mol. The first-order valence-corrected chi connectivity index (χ1v) is 5.69. The molecule has 1 saturated carbocycles. The van der Waals surface area contributed by atoms with Crippen LogP contribution in [0.25, 0.3) is 5.65 Å². The maximum atomic E-state index is 4.09. The van der Waals surface area contributed by atoms with E-state index in [0.717, 1.165) is 18.3 Å². The summed E-state index contributed by atoms with van der Waals surface area (Å²) in [4.78, 5) is 4.09. The fourth-order valence-corrected chi connectivity index (χ4v) is 1.98. The number of aromatic nitrogens is 5. The van der Waals surface area contributed by atoms with Crippen LogP contribution in [0.15, 0.2) is 12.4 Å². The summed E-state index contributed by atoms with van der Waals surface area (Å²) in [6.45, 7) is 0.964. The molecule has 0 saturated heterocycles. The zero-order valence-electron chi connectivity index (χ0n) is 9.00. The molecule has 0 radical (unpaired) electrons. The Morgan fingerprint density at radius 3 is 3.12 bits per heavy atom. The van der Waals surface area contributed by atoms with Gasteiger partial charge in [0, 0.05) is 6.54 Å². The van der Waals surface area contributed by atoms with Crippen molar-refractivity contribution in [2.75, 3.05) is 11.9 Å². The number of fused-ring (bicyclic) bond motifs is 1. The molecule has 0 unspecified atom stereocenters. The predicted octanol–water partition coefficient (Wildman–Crippen LogP) is 1.12. The topological polar surface area (TPSA) is 68.0 Å². The zero-order valence-corrected chi connectivity index (χ0v) is 9.00. The molecule has 2 aromatic rings. The van der Waals surface area contributed by atoms with Gasteiger partial charge in [0.15, 0.2) is 5.65 Å². The van der Waals surface area contributed by atoms with E-state index < -0.39 is 0 Å². The lowest BCUT2D eigenvalue weighted by atomic mass is 9.83. The first kappa shape index (κ1) is 9.50. The third-order valence-corrected chi connectivity index (χ3v) is 3.19. The second kappa shape index (κ2) is 4.03. The van der Waals surface area contributed by atoms with Crippen LogP contribution in [0.2, 0.25) is 0 Å².